The smallest absolute Gasteiger partial charge is 0.129 e. The van der Waals surface area contributed by atoms with Gasteiger partial charge in [0.05, 0.1) is 0 Å². The predicted octanol–water partition coefficient (Wildman–Crippen LogP) is 2.90. The van der Waals surface area contributed by atoms with Gasteiger partial charge in [-0.1, -0.05) is 13.0 Å². The number of rotatable bonds is 5. The average molecular weight is 237 g/mol. The molecule has 0 radical (unpaired) electrons. The zero-order valence-electron chi connectivity index (χ0n) is 10.2. The first kappa shape index (κ1) is 13.7. The van der Waals surface area contributed by atoms with Crippen LogP contribution in [0.15, 0.2) is 18.2 Å². The van der Waals surface area contributed by atoms with Crippen LogP contribution in [0.1, 0.15) is 25.8 Å². The van der Waals surface area contributed by atoms with Crippen molar-refractivity contribution in [3.8, 4) is 11.8 Å². The van der Waals surface area contributed by atoms with Gasteiger partial charge in [0.2, 0.25) is 0 Å². The molecule has 0 saturated heterocycles. The molecule has 92 valence electrons. The van der Waals surface area contributed by atoms with Gasteiger partial charge in [0.1, 0.15) is 11.6 Å². The highest BCUT2D eigenvalue weighted by Gasteiger charge is 2.14. The molecule has 1 N–H and O–H groups in total. The number of hydrogen-bond donors (Lipinski definition) is 1. The zero-order chi connectivity index (χ0) is 12.7. The van der Waals surface area contributed by atoms with E-state index >= 15 is 0 Å². The molecular weight excluding hydrogens is 220 g/mol. The largest absolute Gasteiger partial charge is 0.313 e. The first-order valence-corrected chi connectivity index (χ1v) is 5.74. The van der Waals surface area contributed by atoms with Gasteiger partial charge in [-0.15, -0.1) is 11.8 Å². The summed E-state index contributed by atoms with van der Waals surface area (Å²) in [6, 6.07) is 3.93. The highest BCUT2D eigenvalue weighted by molar-refractivity contribution is 5.21. The van der Waals surface area contributed by atoms with Crippen LogP contribution in [-0.2, 0) is 6.42 Å². The molecule has 0 aliphatic carbocycles. The summed E-state index contributed by atoms with van der Waals surface area (Å²) in [5.41, 5.74) is 0.136. The van der Waals surface area contributed by atoms with E-state index in [4.69, 9.17) is 0 Å². The van der Waals surface area contributed by atoms with E-state index in [1.807, 2.05) is 6.92 Å². The van der Waals surface area contributed by atoms with Crippen LogP contribution in [0.5, 0.6) is 0 Å². The van der Waals surface area contributed by atoms with E-state index in [-0.39, 0.29) is 11.6 Å². The topological polar surface area (TPSA) is 12.0 Å². The molecule has 1 atom stereocenters. The summed E-state index contributed by atoms with van der Waals surface area (Å²) in [5.74, 6) is 4.75. The molecule has 0 aliphatic heterocycles. The van der Waals surface area contributed by atoms with Crippen LogP contribution >= 0.6 is 0 Å². The fourth-order valence-electron chi connectivity index (χ4n) is 1.70. The van der Waals surface area contributed by atoms with Crippen molar-refractivity contribution < 1.29 is 8.78 Å². The van der Waals surface area contributed by atoms with Gasteiger partial charge in [-0.3, -0.25) is 0 Å². The number of benzene rings is 1. The predicted molar refractivity (Wildman–Crippen MR) is 65.6 cm³/mol. The van der Waals surface area contributed by atoms with Crippen molar-refractivity contribution in [2.45, 2.75) is 32.7 Å². The first-order chi connectivity index (χ1) is 8.19. The molecule has 0 aromatic heterocycles. The fraction of sp³-hybridized carbons (Fsp3) is 0.429. The van der Waals surface area contributed by atoms with Gasteiger partial charge in [0.25, 0.3) is 0 Å². The molecule has 1 nitrogen and oxygen atoms in total. The molecule has 1 aromatic rings. The second-order valence-corrected chi connectivity index (χ2v) is 3.79. The van der Waals surface area contributed by atoms with Crippen LogP contribution in [0.25, 0.3) is 0 Å². The minimum atomic E-state index is -0.489. The Morgan fingerprint density at radius 2 is 1.94 bits per heavy atom. The summed E-state index contributed by atoms with van der Waals surface area (Å²) in [7, 11) is 0. The lowest BCUT2D eigenvalue weighted by molar-refractivity contribution is 0.492. The standard InChI is InChI=1S/C14H17F2N/c1-3-5-7-11(17-4-2)10-12-13(15)8-6-9-14(12)16/h6,8-9,11,17H,4,7,10H2,1-2H3. The van der Waals surface area contributed by atoms with Crippen molar-refractivity contribution in [1.29, 1.82) is 0 Å². The van der Waals surface area contributed by atoms with Crippen LogP contribution in [-0.4, -0.2) is 12.6 Å². The summed E-state index contributed by atoms with van der Waals surface area (Å²) >= 11 is 0. The first-order valence-electron chi connectivity index (χ1n) is 5.74. The van der Waals surface area contributed by atoms with Crippen molar-refractivity contribution in [3.63, 3.8) is 0 Å². The van der Waals surface area contributed by atoms with Gasteiger partial charge in [-0.25, -0.2) is 8.78 Å². The van der Waals surface area contributed by atoms with Crippen molar-refractivity contribution >= 4 is 0 Å². The van der Waals surface area contributed by atoms with Gasteiger partial charge in [-0.05, 0) is 32.0 Å². The molecule has 0 saturated carbocycles. The number of nitrogens with one attached hydrogen (secondary N) is 1. The molecule has 0 bridgehead atoms. The summed E-state index contributed by atoms with van der Waals surface area (Å²) in [6.45, 7) is 4.48. The van der Waals surface area contributed by atoms with Crippen LogP contribution in [0.4, 0.5) is 8.78 Å². The maximum Gasteiger partial charge on any atom is 0.129 e. The molecular formula is C14H17F2N. The van der Waals surface area contributed by atoms with Crippen molar-refractivity contribution in [1.82, 2.24) is 5.32 Å². The minimum Gasteiger partial charge on any atom is -0.313 e. The average Bonchev–Trinajstić information content (AvgIpc) is 2.31. The van der Waals surface area contributed by atoms with Crippen molar-refractivity contribution in [3.05, 3.63) is 35.4 Å². The van der Waals surface area contributed by atoms with Gasteiger partial charge in [0.15, 0.2) is 0 Å². The SMILES string of the molecule is CC#CCC(Cc1c(F)cccc1F)NCC. The third-order valence-electron chi connectivity index (χ3n) is 2.53. The second-order valence-electron chi connectivity index (χ2n) is 3.79. The number of likely N-dealkylation sites (N-methyl/N-ethyl adjacent to an activating group) is 1. The molecule has 1 aromatic carbocycles. The van der Waals surface area contributed by atoms with Crippen LogP contribution in [0, 0.1) is 23.5 Å². The Morgan fingerprint density at radius 1 is 1.29 bits per heavy atom. The second kappa shape index (κ2) is 7.03. The van der Waals surface area contributed by atoms with Crippen LogP contribution in [0.3, 0.4) is 0 Å². The Labute approximate surface area is 101 Å². The van der Waals surface area contributed by atoms with E-state index in [0.717, 1.165) is 6.54 Å². The van der Waals surface area contributed by atoms with E-state index in [9.17, 15) is 8.78 Å². The summed E-state index contributed by atoms with van der Waals surface area (Å²) in [6.07, 6.45) is 0.916. The molecule has 1 rings (SSSR count). The summed E-state index contributed by atoms with van der Waals surface area (Å²) in [4.78, 5) is 0. The molecule has 0 heterocycles. The molecule has 0 amide bonds. The monoisotopic (exact) mass is 237 g/mol. The van der Waals surface area contributed by atoms with Gasteiger partial charge in [-0.2, -0.15) is 0 Å². The highest BCUT2D eigenvalue weighted by Crippen LogP contribution is 2.15. The lowest BCUT2D eigenvalue weighted by Crippen LogP contribution is -2.31. The van der Waals surface area contributed by atoms with E-state index in [1.165, 1.54) is 18.2 Å². The molecule has 0 aliphatic rings. The third kappa shape index (κ3) is 4.16. The van der Waals surface area contributed by atoms with Gasteiger partial charge >= 0.3 is 0 Å². The third-order valence-corrected chi connectivity index (χ3v) is 2.53. The number of halogens is 2. The molecule has 0 spiro atoms. The lowest BCUT2D eigenvalue weighted by atomic mass is 10.0. The number of hydrogen-bond acceptors (Lipinski definition) is 1. The summed E-state index contributed by atoms with van der Waals surface area (Å²) < 4.78 is 26.9. The summed E-state index contributed by atoms with van der Waals surface area (Å²) in [5, 5.41) is 3.18. The van der Waals surface area contributed by atoms with E-state index in [0.29, 0.717) is 12.8 Å². The molecule has 3 heteroatoms. The Morgan fingerprint density at radius 3 is 2.47 bits per heavy atom. The zero-order valence-corrected chi connectivity index (χ0v) is 10.2. The minimum absolute atomic E-state index is 0.0150. The van der Waals surface area contributed by atoms with E-state index < -0.39 is 11.6 Å². The van der Waals surface area contributed by atoms with E-state index in [1.54, 1.807) is 6.92 Å². The Kier molecular flexibility index (Phi) is 5.65. The van der Waals surface area contributed by atoms with Crippen molar-refractivity contribution in [2.24, 2.45) is 0 Å². The van der Waals surface area contributed by atoms with Crippen LogP contribution < -0.4 is 5.32 Å². The lowest BCUT2D eigenvalue weighted by Gasteiger charge is -2.16. The van der Waals surface area contributed by atoms with Gasteiger partial charge < -0.3 is 5.32 Å². The fourth-order valence-corrected chi connectivity index (χ4v) is 1.70. The molecule has 1 unspecified atom stereocenters. The Bertz CT molecular complexity index is 398. The quantitative estimate of drug-likeness (QED) is 0.776. The Balaban J connectivity index is 2.80. The van der Waals surface area contributed by atoms with Gasteiger partial charge in [0, 0.05) is 18.0 Å². The maximum atomic E-state index is 13.5. The van der Waals surface area contributed by atoms with Crippen LogP contribution in [0.2, 0.25) is 0 Å². The maximum absolute atomic E-state index is 13.5. The van der Waals surface area contributed by atoms with Crippen molar-refractivity contribution in [2.75, 3.05) is 6.54 Å². The molecule has 0 fully saturated rings. The molecule has 17 heavy (non-hydrogen) atoms. The normalized spacial score (nSPS) is 11.8. The highest BCUT2D eigenvalue weighted by atomic mass is 19.1. The van der Waals surface area contributed by atoms with E-state index in [2.05, 4.69) is 17.2 Å². The Hall–Kier alpha value is -1.40.